The van der Waals surface area contributed by atoms with Gasteiger partial charge in [-0.3, -0.25) is 24.1 Å². The summed E-state index contributed by atoms with van der Waals surface area (Å²) in [4.78, 5) is 58.3. The number of hydrogen-bond donors (Lipinski definition) is 2. The largest absolute Gasteiger partial charge is 0.484 e. The minimum Gasteiger partial charge on any atom is -0.484 e. The fraction of sp³-hybridized carbons (Fsp3) is 0.294. The van der Waals surface area contributed by atoms with Gasteiger partial charge in [0.15, 0.2) is 6.61 Å². The first-order chi connectivity index (χ1) is 21.8. The molecule has 1 aromatic heterocycles. The van der Waals surface area contributed by atoms with Crippen LogP contribution >= 0.6 is 34.7 Å². The molecule has 1 saturated heterocycles. The van der Waals surface area contributed by atoms with E-state index in [-0.39, 0.29) is 70.0 Å². The Morgan fingerprint density at radius 1 is 1.00 bits per heavy atom. The van der Waals surface area contributed by atoms with E-state index in [1.807, 2.05) is 55.5 Å². The maximum absolute atomic E-state index is 14.0. The molecule has 8 rings (SSSR count). The quantitative estimate of drug-likeness (QED) is 0.243. The summed E-state index contributed by atoms with van der Waals surface area (Å²) in [6.07, 6.45) is 0.813. The molecule has 0 spiro atoms. The van der Waals surface area contributed by atoms with Crippen molar-refractivity contribution in [1.82, 2.24) is 4.98 Å². The second-order valence-corrected chi connectivity index (χ2v) is 14.9. The SMILES string of the molecule is Cc1ccc(N2C(=O)C3C4CC(C3C2=O)C2C4Sc3[nH]c(=O)sc3[C@@H]2c2cccc(OCC(=O)Nc3ccc(Cl)cc3)c2)cc1. The molecule has 7 atom stereocenters. The van der Waals surface area contributed by atoms with Crippen molar-refractivity contribution in [2.24, 2.45) is 29.6 Å². The molecule has 4 aromatic rings. The monoisotopic (exact) mass is 657 g/mol. The molecular formula is C34H28ClN3O5S2. The number of fused-ring (bicyclic) bond motifs is 9. The lowest BCUT2D eigenvalue weighted by molar-refractivity contribution is -0.123. The zero-order valence-electron chi connectivity index (χ0n) is 24.1. The Kier molecular flexibility index (Phi) is 6.92. The van der Waals surface area contributed by atoms with Gasteiger partial charge in [0.25, 0.3) is 5.91 Å². The highest BCUT2D eigenvalue weighted by molar-refractivity contribution is 8.00. The van der Waals surface area contributed by atoms with E-state index in [4.69, 9.17) is 16.3 Å². The molecular weight excluding hydrogens is 630 g/mol. The third-order valence-electron chi connectivity index (χ3n) is 9.73. The number of rotatable bonds is 6. The van der Waals surface area contributed by atoms with Gasteiger partial charge in [0.05, 0.1) is 22.5 Å². The van der Waals surface area contributed by atoms with Crippen LogP contribution in [0.4, 0.5) is 11.4 Å². The third-order valence-corrected chi connectivity index (χ3v) is 12.6. The van der Waals surface area contributed by atoms with Crippen molar-refractivity contribution >= 4 is 63.8 Å². The number of amides is 3. The molecule has 3 aromatic carbocycles. The molecule has 2 aliphatic heterocycles. The van der Waals surface area contributed by atoms with Crippen LogP contribution in [0.25, 0.3) is 0 Å². The number of nitrogens with zero attached hydrogens (tertiary/aromatic N) is 1. The van der Waals surface area contributed by atoms with Crippen LogP contribution in [0.5, 0.6) is 5.75 Å². The maximum atomic E-state index is 14.0. The number of halogens is 1. The second kappa shape index (κ2) is 10.9. The summed E-state index contributed by atoms with van der Waals surface area (Å²) in [5.41, 5.74) is 3.29. The Morgan fingerprint density at radius 2 is 1.73 bits per heavy atom. The summed E-state index contributed by atoms with van der Waals surface area (Å²) in [7, 11) is 0. The lowest BCUT2D eigenvalue weighted by Crippen LogP contribution is -2.42. The number of H-pyrrole nitrogens is 1. The Labute approximate surface area is 272 Å². The lowest BCUT2D eigenvalue weighted by atomic mass is 9.68. The van der Waals surface area contributed by atoms with E-state index in [1.54, 1.807) is 36.0 Å². The predicted octanol–water partition coefficient (Wildman–Crippen LogP) is 6.09. The van der Waals surface area contributed by atoms with E-state index in [0.717, 1.165) is 27.5 Å². The molecule has 45 heavy (non-hydrogen) atoms. The molecule has 11 heteroatoms. The lowest BCUT2D eigenvalue weighted by Gasteiger charge is -2.43. The summed E-state index contributed by atoms with van der Waals surface area (Å²) in [5.74, 6) is -0.727. The number of carbonyl (C=O) groups excluding carboxylic acids is 3. The van der Waals surface area contributed by atoms with Crippen molar-refractivity contribution in [3.05, 3.63) is 103 Å². The van der Waals surface area contributed by atoms with Crippen molar-refractivity contribution in [2.75, 3.05) is 16.8 Å². The zero-order chi connectivity index (χ0) is 31.0. The van der Waals surface area contributed by atoms with Crippen molar-refractivity contribution in [2.45, 2.75) is 29.5 Å². The number of imide groups is 1. The predicted molar refractivity (Wildman–Crippen MR) is 174 cm³/mol. The van der Waals surface area contributed by atoms with E-state index in [9.17, 15) is 19.2 Å². The number of anilines is 2. The molecule has 3 heterocycles. The van der Waals surface area contributed by atoms with Gasteiger partial charge in [0, 0.05) is 26.8 Å². The number of aryl methyl sites for hydroxylation is 1. The highest BCUT2D eigenvalue weighted by Crippen LogP contribution is 2.68. The smallest absolute Gasteiger partial charge is 0.305 e. The first-order valence-electron chi connectivity index (χ1n) is 14.9. The van der Waals surface area contributed by atoms with Crippen LogP contribution < -0.4 is 19.8 Å². The van der Waals surface area contributed by atoms with Gasteiger partial charge in [-0.25, -0.2) is 0 Å². The van der Waals surface area contributed by atoms with E-state index in [2.05, 4.69) is 10.3 Å². The number of nitrogens with one attached hydrogen (secondary N) is 2. The molecule has 2 bridgehead atoms. The summed E-state index contributed by atoms with van der Waals surface area (Å²) in [6, 6.07) is 22.1. The van der Waals surface area contributed by atoms with Gasteiger partial charge < -0.3 is 15.0 Å². The number of thioether (sulfide) groups is 1. The van der Waals surface area contributed by atoms with Crippen LogP contribution in [0.1, 0.15) is 28.3 Å². The Hall–Kier alpha value is -3.86. The fourth-order valence-corrected chi connectivity index (χ4v) is 11.0. The van der Waals surface area contributed by atoms with Crippen LogP contribution in [-0.2, 0) is 14.4 Å². The summed E-state index contributed by atoms with van der Waals surface area (Å²) >= 11 is 8.82. The summed E-state index contributed by atoms with van der Waals surface area (Å²) < 4.78 is 5.92. The molecule has 228 valence electrons. The molecule has 2 N–H and O–H groups in total. The van der Waals surface area contributed by atoms with Crippen LogP contribution in [0.3, 0.4) is 0 Å². The van der Waals surface area contributed by atoms with Gasteiger partial charge in [-0.1, -0.05) is 52.8 Å². The van der Waals surface area contributed by atoms with Gasteiger partial charge >= 0.3 is 4.87 Å². The standard InChI is InChI=1S/C34H28ClN3O5S2/c1-16-5-11-20(12-6-16)38-32(40)27-22-14-23(28(27)33(38)41)29-26(22)25(30-31(44-29)37-34(42)45-30)17-3-2-4-21(13-17)43-15-24(39)36-19-9-7-18(35)8-10-19/h2-13,22-23,25-29H,14-15H2,1H3,(H,36,39)(H,37,42)/t22?,23?,25-,26?,27?,28?,29?/m1/s1. The number of hydrogen-bond acceptors (Lipinski definition) is 7. The van der Waals surface area contributed by atoms with Gasteiger partial charge in [-0.15, -0.1) is 11.8 Å². The van der Waals surface area contributed by atoms with Crippen LogP contribution in [0.15, 0.2) is 82.6 Å². The number of benzene rings is 3. The summed E-state index contributed by atoms with van der Waals surface area (Å²) in [5, 5.41) is 4.32. The zero-order valence-corrected chi connectivity index (χ0v) is 26.5. The average molecular weight is 658 g/mol. The van der Waals surface area contributed by atoms with Gasteiger partial charge in [-0.2, -0.15) is 0 Å². The molecule has 6 unspecified atom stereocenters. The number of aromatic amines is 1. The Balaban J connectivity index is 1.08. The molecule has 4 aliphatic rings. The number of aromatic nitrogens is 1. The van der Waals surface area contributed by atoms with Gasteiger partial charge in [0.2, 0.25) is 11.8 Å². The Bertz CT molecular complexity index is 1910. The molecule has 3 amide bonds. The maximum Gasteiger partial charge on any atom is 0.305 e. The number of ether oxygens (including phenoxy) is 1. The first kappa shape index (κ1) is 28.6. The van der Waals surface area contributed by atoms with Gasteiger partial charge in [0.1, 0.15) is 5.75 Å². The molecule has 2 aliphatic carbocycles. The molecule has 2 saturated carbocycles. The van der Waals surface area contributed by atoms with Crippen LogP contribution in [0, 0.1) is 36.5 Å². The highest BCUT2D eigenvalue weighted by Gasteiger charge is 2.69. The fourth-order valence-electron chi connectivity index (χ4n) is 8.02. The molecule has 3 fully saturated rings. The van der Waals surface area contributed by atoms with E-state index < -0.39 is 0 Å². The van der Waals surface area contributed by atoms with E-state index in [0.29, 0.717) is 22.1 Å². The number of thiazole rings is 1. The number of carbonyl (C=O) groups is 3. The van der Waals surface area contributed by atoms with E-state index >= 15 is 0 Å². The van der Waals surface area contributed by atoms with Crippen molar-refractivity contribution < 1.29 is 19.1 Å². The van der Waals surface area contributed by atoms with Gasteiger partial charge in [-0.05, 0) is 85.2 Å². The third kappa shape index (κ3) is 4.73. The van der Waals surface area contributed by atoms with Crippen molar-refractivity contribution in [1.29, 1.82) is 0 Å². The normalized spacial score (nSPS) is 27.7. The van der Waals surface area contributed by atoms with E-state index in [1.165, 1.54) is 16.2 Å². The van der Waals surface area contributed by atoms with Crippen molar-refractivity contribution in [3.63, 3.8) is 0 Å². The molecule has 0 radical (unpaired) electrons. The highest BCUT2D eigenvalue weighted by atomic mass is 35.5. The minimum absolute atomic E-state index is 0.00878. The minimum atomic E-state index is -0.374. The van der Waals surface area contributed by atoms with Crippen molar-refractivity contribution in [3.8, 4) is 5.75 Å². The average Bonchev–Trinajstić information content (AvgIpc) is 3.77. The first-order valence-corrected chi connectivity index (χ1v) is 17.0. The second-order valence-electron chi connectivity index (χ2n) is 12.2. The topological polar surface area (TPSA) is 109 Å². The Morgan fingerprint density at radius 3 is 2.49 bits per heavy atom. The molecule has 8 nitrogen and oxygen atoms in total. The van der Waals surface area contributed by atoms with Crippen LogP contribution in [-0.4, -0.2) is 34.6 Å². The summed E-state index contributed by atoms with van der Waals surface area (Å²) in [6.45, 7) is 1.80. The van der Waals surface area contributed by atoms with Crippen LogP contribution in [0.2, 0.25) is 5.02 Å².